The van der Waals surface area contributed by atoms with Crippen LogP contribution >= 0.6 is 11.3 Å². The molecule has 8 heteroatoms. The maximum Gasteiger partial charge on any atom is 0.258 e. The molecule has 28 heavy (non-hydrogen) atoms. The quantitative estimate of drug-likeness (QED) is 0.652. The van der Waals surface area contributed by atoms with Gasteiger partial charge in [-0.25, -0.2) is 13.4 Å². The van der Waals surface area contributed by atoms with Gasteiger partial charge in [0, 0.05) is 10.9 Å². The number of benzene rings is 2. The molecule has 1 heterocycles. The molecule has 0 aliphatic carbocycles. The van der Waals surface area contributed by atoms with Crippen molar-refractivity contribution in [3.05, 3.63) is 59.0 Å². The van der Waals surface area contributed by atoms with Crippen molar-refractivity contribution >= 4 is 32.2 Å². The zero-order chi connectivity index (χ0) is 20.3. The van der Waals surface area contributed by atoms with Gasteiger partial charge in [-0.3, -0.25) is 10.1 Å². The number of methoxy groups -OCH3 is 1. The number of aromatic nitrogens is 1. The first kappa shape index (κ1) is 20.0. The topological polar surface area (TPSA) is 85.4 Å². The second kappa shape index (κ2) is 8.12. The highest BCUT2D eigenvalue weighted by atomic mass is 32.2. The summed E-state index contributed by atoms with van der Waals surface area (Å²) >= 11 is 1.28. The van der Waals surface area contributed by atoms with Crippen molar-refractivity contribution in [1.29, 1.82) is 0 Å². The molecule has 6 nitrogen and oxygen atoms in total. The Kier molecular flexibility index (Phi) is 5.81. The van der Waals surface area contributed by atoms with Crippen molar-refractivity contribution in [2.24, 2.45) is 0 Å². The number of ether oxygens (including phenoxy) is 1. The standard InChI is InChI=1S/C20H20N2O4S2/c1-4-28(24,25)18-8-6-5-7-15(18)19(23)22-20-21-16(12-27-20)14-9-10-17(26-3)13(2)11-14/h5-12H,4H2,1-3H3,(H,21,22,23). The summed E-state index contributed by atoms with van der Waals surface area (Å²) in [4.78, 5) is 17.1. The van der Waals surface area contributed by atoms with Crippen molar-refractivity contribution in [2.75, 3.05) is 18.2 Å². The molecule has 0 saturated heterocycles. The summed E-state index contributed by atoms with van der Waals surface area (Å²) < 4.78 is 29.8. The zero-order valence-electron chi connectivity index (χ0n) is 15.7. The molecule has 1 N–H and O–H groups in total. The SMILES string of the molecule is CCS(=O)(=O)c1ccccc1C(=O)Nc1nc(-c2ccc(OC)c(C)c2)cs1. The van der Waals surface area contributed by atoms with Crippen LogP contribution < -0.4 is 10.1 Å². The molecule has 3 aromatic rings. The molecule has 3 rings (SSSR count). The number of aryl methyl sites for hydroxylation is 1. The molecular formula is C20H20N2O4S2. The van der Waals surface area contributed by atoms with Gasteiger partial charge in [0.2, 0.25) is 0 Å². The molecule has 1 aromatic heterocycles. The summed E-state index contributed by atoms with van der Waals surface area (Å²) in [5.74, 6) is 0.218. The molecular weight excluding hydrogens is 396 g/mol. The molecule has 0 atom stereocenters. The van der Waals surface area contributed by atoms with E-state index in [-0.39, 0.29) is 16.2 Å². The molecule has 0 bridgehead atoms. The Labute approximate surface area is 168 Å². The molecule has 0 aliphatic heterocycles. The maximum atomic E-state index is 12.7. The number of amides is 1. The summed E-state index contributed by atoms with van der Waals surface area (Å²) in [6.07, 6.45) is 0. The van der Waals surface area contributed by atoms with Crippen molar-refractivity contribution in [2.45, 2.75) is 18.7 Å². The fourth-order valence-electron chi connectivity index (χ4n) is 2.75. The van der Waals surface area contributed by atoms with Gasteiger partial charge in [-0.2, -0.15) is 0 Å². The van der Waals surface area contributed by atoms with Crippen molar-refractivity contribution in [3.8, 4) is 17.0 Å². The summed E-state index contributed by atoms with van der Waals surface area (Å²) in [5, 5.41) is 4.94. The minimum atomic E-state index is -3.51. The lowest BCUT2D eigenvalue weighted by Gasteiger charge is -2.08. The van der Waals surface area contributed by atoms with Crippen LogP contribution in [0.15, 0.2) is 52.7 Å². The predicted molar refractivity (Wildman–Crippen MR) is 111 cm³/mol. The summed E-state index contributed by atoms with van der Waals surface area (Å²) in [6.45, 7) is 3.50. The Bertz CT molecular complexity index is 1120. The smallest absolute Gasteiger partial charge is 0.258 e. The third-order valence-corrected chi connectivity index (χ3v) is 6.81. The highest BCUT2D eigenvalue weighted by Gasteiger charge is 2.21. The van der Waals surface area contributed by atoms with E-state index >= 15 is 0 Å². The van der Waals surface area contributed by atoms with E-state index in [9.17, 15) is 13.2 Å². The molecule has 0 unspecified atom stereocenters. The van der Waals surface area contributed by atoms with Gasteiger partial charge in [0.05, 0.1) is 29.0 Å². The zero-order valence-corrected chi connectivity index (χ0v) is 17.4. The molecule has 0 radical (unpaired) electrons. The van der Waals surface area contributed by atoms with E-state index in [1.54, 1.807) is 26.2 Å². The Morgan fingerprint density at radius 2 is 1.96 bits per heavy atom. The fraction of sp³-hybridized carbons (Fsp3) is 0.200. The van der Waals surface area contributed by atoms with Gasteiger partial charge in [0.15, 0.2) is 15.0 Å². The number of thiazole rings is 1. The fourth-order valence-corrected chi connectivity index (χ4v) is 4.55. The molecule has 1 amide bonds. The number of carbonyl (C=O) groups excluding carboxylic acids is 1. The average Bonchev–Trinajstić information content (AvgIpc) is 3.16. The molecule has 2 aromatic carbocycles. The number of hydrogen-bond acceptors (Lipinski definition) is 6. The highest BCUT2D eigenvalue weighted by Crippen LogP contribution is 2.29. The maximum absolute atomic E-state index is 12.7. The first-order valence-electron chi connectivity index (χ1n) is 8.59. The van der Waals surface area contributed by atoms with Gasteiger partial charge in [-0.1, -0.05) is 19.1 Å². The van der Waals surface area contributed by atoms with E-state index in [0.717, 1.165) is 22.6 Å². The van der Waals surface area contributed by atoms with Crippen LogP contribution in [0.4, 0.5) is 5.13 Å². The number of hydrogen-bond donors (Lipinski definition) is 1. The second-order valence-corrected chi connectivity index (χ2v) is 9.18. The van der Waals surface area contributed by atoms with E-state index in [4.69, 9.17) is 4.74 Å². The van der Waals surface area contributed by atoms with E-state index in [1.807, 2.05) is 30.5 Å². The Balaban J connectivity index is 1.85. The highest BCUT2D eigenvalue weighted by molar-refractivity contribution is 7.91. The van der Waals surface area contributed by atoms with E-state index in [1.165, 1.54) is 23.5 Å². The number of carbonyl (C=O) groups is 1. The first-order chi connectivity index (χ1) is 13.4. The normalized spacial score (nSPS) is 11.2. The monoisotopic (exact) mass is 416 g/mol. The third kappa shape index (κ3) is 4.07. The molecule has 0 aliphatic rings. The second-order valence-electron chi connectivity index (χ2n) is 6.08. The van der Waals surface area contributed by atoms with Gasteiger partial charge in [-0.05, 0) is 42.8 Å². The number of anilines is 1. The van der Waals surface area contributed by atoms with Crippen LogP contribution in [0.5, 0.6) is 5.75 Å². The number of sulfone groups is 1. The summed E-state index contributed by atoms with van der Waals surface area (Å²) in [5.41, 5.74) is 2.73. The van der Waals surface area contributed by atoms with Crippen LogP contribution in [-0.2, 0) is 9.84 Å². The number of nitrogens with zero attached hydrogens (tertiary/aromatic N) is 1. The van der Waals surface area contributed by atoms with Crippen LogP contribution in [0.1, 0.15) is 22.8 Å². The van der Waals surface area contributed by atoms with Gasteiger partial charge >= 0.3 is 0 Å². The molecule has 0 saturated carbocycles. The Hall–Kier alpha value is -2.71. The lowest BCUT2D eigenvalue weighted by Crippen LogP contribution is -2.17. The average molecular weight is 417 g/mol. The molecule has 0 fully saturated rings. The van der Waals surface area contributed by atoms with Crippen LogP contribution in [0.2, 0.25) is 0 Å². The lowest BCUT2D eigenvalue weighted by molar-refractivity contribution is 0.102. The Morgan fingerprint density at radius 3 is 2.64 bits per heavy atom. The van der Waals surface area contributed by atoms with Crippen molar-refractivity contribution in [1.82, 2.24) is 4.98 Å². The van der Waals surface area contributed by atoms with Crippen molar-refractivity contribution < 1.29 is 17.9 Å². The van der Waals surface area contributed by atoms with Gasteiger partial charge in [0.25, 0.3) is 5.91 Å². The van der Waals surface area contributed by atoms with Gasteiger partial charge in [-0.15, -0.1) is 11.3 Å². The minimum absolute atomic E-state index is 0.0255. The molecule has 146 valence electrons. The lowest BCUT2D eigenvalue weighted by atomic mass is 10.1. The predicted octanol–water partition coefficient (Wildman–Crippen LogP) is 4.17. The van der Waals surface area contributed by atoms with E-state index in [0.29, 0.717) is 5.13 Å². The van der Waals surface area contributed by atoms with Gasteiger partial charge < -0.3 is 4.74 Å². The Morgan fingerprint density at radius 1 is 1.21 bits per heavy atom. The summed E-state index contributed by atoms with van der Waals surface area (Å²) in [7, 11) is -1.88. The minimum Gasteiger partial charge on any atom is -0.496 e. The van der Waals surface area contributed by atoms with Crippen LogP contribution in [-0.4, -0.2) is 32.2 Å². The number of rotatable bonds is 6. The van der Waals surface area contributed by atoms with Crippen LogP contribution in [0, 0.1) is 6.92 Å². The van der Waals surface area contributed by atoms with Gasteiger partial charge in [0.1, 0.15) is 5.75 Å². The third-order valence-electron chi connectivity index (χ3n) is 4.26. The first-order valence-corrected chi connectivity index (χ1v) is 11.1. The summed E-state index contributed by atoms with van der Waals surface area (Å²) in [6, 6.07) is 11.9. The van der Waals surface area contributed by atoms with E-state index < -0.39 is 15.7 Å². The van der Waals surface area contributed by atoms with Crippen LogP contribution in [0.25, 0.3) is 11.3 Å². The van der Waals surface area contributed by atoms with Crippen LogP contribution in [0.3, 0.4) is 0 Å². The molecule has 0 spiro atoms. The van der Waals surface area contributed by atoms with Crippen molar-refractivity contribution in [3.63, 3.8) is 0 Å². The van der Waals surface area contributed by atoms with E-state index in [2.05, 4.69) is 10.3 Å². The number of nitrogens with one attached hydrogen (secondary N) is 1. The largest absolute Gasteiger partial charge is 0.496 e.